The molecule has 1 aliphatic rings. The lowest BCUT2D eigenvalue weighted by Gasteiger charge is -2.26. The van der Waals surface area contributed by atoms with E-state index in [1.54, 1.807) is 0 Å². The van der Waals surface area contributed by atoms with E-state index >= 15 is 0 Å². The van der Waals surface area contributed by atoms with E-state index in [0.717, 1.165) is 31.3 Å². The Kier molecular flexibility index (Phi) is 7.25. The summed E-state index contributed by atoms with van der Waals surface area (Å²) < 4.78 is 4.88. The number of carbonyl (C=O) groups is 1. The normalized spacial score (nSPS) is 24.6. The van der Waals surface area contributed by atoms with Gasteiger partial charge in [-0.1, -0.05) is 19.8 Å². The number of hydrogen-bond donors (Lipinski definition) is 1. The minimum absolute atomic E-state index is 0.0687. The summed E-state index contributed by atoms with van der Waals surface area (Å²) in [7, 11) is 0. The summed E-state index contributed by atoms with van der Waals surface area (Å²) in [4.78, 5) is 11.1. The first-order valence-corrected chi connectivity index (χ1v) is 7.08. The van der Waals surface area contributed by atoms with Gasteiger partial charge in [-0.2, -0.15) is 0 Å². The van der Waals surface area contributed by atoms with Crippen molar-refractivity contribution in [2.45, 2.75) is 52.4 Å². The van der Waals surface area contributed by atoms with Crippen molar-refractivity contribution in [3.63, 3.8) is 0 Å². The Labute approximate surface area is 105 Å². The highest BCUT2D eigenvalue weighted by Crippen LogP contribution is 2.27. The molecule has 1 rings (SSSR count). The number of carbonyl (C=O) groups excluding carboxylic acids is 1. The minimum Gasteiger partial charge on any atom is -0.466 e. The highest BCUT2D eigenvalue weighted by molar-refractivity contribution is 5.69. The van der Waals surface area contributed by atoms with Gasteiger partial charge in [-0.25, -0.2) is 0 Å². The topological polar surface area (TPSA) is 38.3 Å². The van der Waals surface area contributed by atoms with E-state index in [4.69, 9.17) is 4.74 Å². The van der Waals surface area contributed by atoms with E-state index in [9.17, 15) is 4.79 Å². The van der Waals surface area contributed by atoms with E-state index in [1.807, 2.05) is 6.92 Å². The van der Waals surface area contributed by atoms with Crippen LogP contribution in [0.15, 0.2) is 0 Å². The van der Waals surface area contributed by atoms with Crippen molar-refractivity contribution in [1.29, 1.82) is 0 Å². The van der Waals surface area contributed by atoms with Gasteiger partial charge in [0.15, 0.2) is 0 Å². The van der Waals surface area contributed by atoms with Crippen molar-refractivity contribution < 1.29 is 9.53 Å². The van der Waals surface area contributed by atoms with Crippen LogP contribution in [0.5, 0.6) is 0 Å². The molecule has 17 heavy (non-hydrogen) atoms. The summed E-state index contributed by atoms with van der Waals surface area (Å²) in [5.74, 6) is 1.71. The van der Waals surface area contributed by atoms with E-state index in [1.165, 1.54) is 25.7 Å². The third kappa shape index (κ3) is 6.67. The molecular weight excluding hydrogens is 214 g/mol. The summed E-state index contributed by atoms with van der Waals surface area (Å²) in [6.45, 7) is 6.75. The van der Waals surface area contributed by atoms with E-state index < -0.39 is 0 Å². The van der Waals surface area contributed by atoms with Crippen molar-refractivity contribution in [3.05, 3.63) is 0 Å². The Balaban J connectivity index is 1.92. The van der Waals surface area contributed by atoms with E-state index in [0.29, 0.717) is 13.0 Å². The monoisotopic (exact) mass is 241 g/mol. The molecule has 100 valence electrons. The van der Waals surface area contributed by atoms with Crippen molar-refractivity contribution in [2.24, 2.45) is 11.8 Å². The fourth-order valence-electron chi connectivity index (χ4n) is 2.43. The quantitative estimate of drug-likeness (QED) is 0.550. The summed E-state index contributed by atoms with van der Waals surface area (Å²) in [6.07, 6.45) is 6.94. The van der Waals surface area contributed by atoms with Gasteiger partial charge in [0, 0.05) is 6.42 Å². The van der Waals surface area contributed by atoms with Gasteiger partial charge < -0.3 is 10.1 Å². The Hall–Kier alpha value is -0.570. The lowest BCUT2D eigenvalue weighted by atomic mass is 9.83. The predicted molar refractivity (Wildman–Crippen MR) is 69.9 cm³/mol. The van der Waals surface area contributed by atoms with Crippen molar-refractivity contribution in [1.82, 2.24) is 5.32 Å². The third-order valence-electron chi connectivity index (χ3n) is 3.61. The lowest BCUT2D eigenvalue weighted by Crippen LogP contribution is -2.27. The van der Waals surface area contributed by atoms with Gasteiger partial charge in [0.1, 0.15) is 0 Å². The number of esters is 1. The van der Waals surface area contributed by atoms with Crippen LogP contribution in [-0.2, 0) is 9.53 Å². The lowest BCUT2D eigenvalue weighted by molar-refractivity contribution is -0.143. The first kappa shape index (κ1) is 14.5. The number of rotatable bonds is 7. The van der Waals surface area contributed by atoms with E-state index in [2.05, 4.69) is 12.2 Å². The number of ether oxygens (including phenoxy) is 1. The van der Waals surface area contributed by atoms with Gasteiger partial charge in [0.2, 0.25) is 0 Å². The first-order chi connectivity index (χ1) is 8.22. The molecule has 0 amide bonds. The van der Waals surface area contributed by atoms with Gasteiger partial charge in [0.05, 0.1) is 6.61 Å². The maximum atomic E-state index is 11.1. The highest BCUT2D eigenvalue weighted by atomic mass is 16.5. The van der Waals surface area contributed by atoms with Gasteiger partial charge in [-0.15, -0.1) is 0 Å². The zero-order valence-corrected chi connectivity index (χ0v) is 11.3. The van der Waals surface area contributed by atoms with Crippen LogP contribution in [0, 0.1) is 11.8 Å². The number of nitrogens with one attached hydrogen (secondary N) is 1. The van der Waals surface area contributed by atoms with Crippen molar-refractivity contribution >= 4 is 5.97 Å². The Morgan fingerprint density at radius 3 is 2.65 bits per heavy atom. The fraction of sp³-hybridized carbons (Fsp3) is 0.929. The molecule has 0 aromatic rings. The van der Waals surface area contributed by atoms with Crippen LogP contribution in [-0.4, -0.2) is 25.7 Å². The average Bonchev–Trinajstić information content (AvgIpc) is 2.31. The molecule has 0 aromatic carbocycles. The van der Waals surface area contributed by atoms with Crippen molar-refractivity contribution in [2.75, 3.05) is 19.7 Å². The highest BCUT2D eigenvalue weighted by Gasteiger charge is 2.17. The van der Waals surface area contributed by atoms with Crippen molar-refractivity contribution in [3.8, 4) is 0 Å². The van der Waals surface area contributed by atoms with Crippen LogP contribution in [0.25, 0.3) is 0 Å². The Morgan fingerprint density at radius 2 is 2.00 bits per heavy atom. The molecule has 1 N–H and O–H groups in total. The molecule has 0 atom stereocenters. The average molecular weight is 241 g/mol. The van der Waals surface area contributed by atoms with Crippen LogP contribution in [0.4, 0.5) is 0 Å². The smallest absolute Gasteiger partial charge is 0.305 e. The molecule has 1 saturated carbocycles. The Bertz CT molecular complexity index is 210. The summed E-state index contributed by atoms with van der Waals surface area (Å²) in [6, 6.07) is 0. The van der Waals surface area contributed by atoms with Crippen LogP contribution < -0.4 is 5.32 Å². The molecule has 0 unspecified atom stereocenters. The first-order valence-electron chi connectivity index (χ1n) is 7.08. The van der Waals surface area contributed by atoms with Gasteiger partial charge >= 0.3 is 5.97 Å². The maximum Gasteiger partial charge on any atom is 0.305 e. The fourth-order valence-corrected chi connectivity index (χ4v) is 2.43. The molecule has 0 aromatic heterocycles. The van der Waals surface area contributed by atoms with Crippen LogP contribution in [0.1, 0.15) is 52.4 Å². The summed E-state index contributed by atoms with van der Waals surface area (Å²) in [5.41, 5.74) is 0. The molecule has 3 heteroatoms. The second-order valence-electron chi connectivity index (χ2n) is 5.24. The predicted octanol–water partition coefficient (Wildman–Crippen LogP) is 2.75. The molecular formula is C14H27NO2. The maximum absolute atomic E-state index is 11.1. The number of hydrogen-bond acceptors (Lipinski definition) is 3. The molecule has 0 bridgehead atoms. The minimum atomic E-state index is -0.0687. The van der Waals surface area contributed by atoms with Crippen LogP contribution in [0.3, 0.4) is 0 Å². The molecule has 1 aliphatic carbocycles. The molecule has 3 nitrogen and oxygen atoms in total. The van der Waals surface area contributed by atoms with Gasteiger partial charge in [-0.05, 0) is 51.1 Å². The summed E-state index contributed by atoms with van der Waals surface area (Å²) >= 11 is 0. The van der Waals surface area contributed by atoms with Gasteiger partial charge in [-0.3, -0.25) is 4.79 Å². The zero-order valence-electron chi connectivity index (χ0n) is 11.3. The zero-order chi connectivity index (χ0) is 12.5. The second-order valence-corrected chi connectivity index (χ2v) is 5.24. The standard InChI is InChI=1S/C14H27NO2/c1-3-17-14(16)5-4-10-15-11-13-8-6-12(2)7-9-13/h12-13,15H,3-11H2,1-2H3. The molecule has 0 saturated heterocycles. The molecule has 1 fully saturated rings. The van der Waals surface area contributed by atoms with Crippen LogP contribution in [0.2, 0.25) is 0 Å². The molecule has 0 radical (unpaired) electrons. The van der Waals surface area contributed by atoms with Gasteiger partial charge in [0.25, 0.3) is 0 Å². The SMILES string of the molecule is CCOC(=O)CCCNCC1CCC(C)CC1. The Morgan fingerprint density at radius 1 is 1.29 bits per heavy atom. The third-order valence-corrected chi connectivity index (χ3v) is 3.61. The largest absolute Gasteiger partial charge is 0.466 e. The van der Waals surface area contributed by atoms with Crippen LogP contribution >= 0.6 is 0 Å². The van der Waals surface area contributed by atoms with E-state index in [-0.39, 0.29) is 5.97 Å². The molecule has 0 heterocycles. The second kappa shape index (κ2) is 8.51. The molecule has 0 aliphatic heterocycles. The summed E-state index contributed by atoms with van der Waals surface area (Å²) in [5, 5.41) is 3.46. The molecule has 0 spiro atoms.